The van der Waals surface area contributed by atoms with Crippen molar-refractivity contribution >= 4 is 16.8 Å². The standard InChI is InChI=1S/C15H20N2O3/c1-4-15(18)16-8-7-11-10-17(20-3)14-6-5-12(19-2)9-13(11)14/h5-6,9-10H,4,7-8H2,1-3H3,(H,16,18). The van der Waals surface area contributed by atoms with Gasteiger partial charge in [-0.1, -0.05) is 6.92 Å². The fourth-order valence-electron chi connectivity index (χ4n) is 2.18. The highest BCUT2D eigenvalue weighted by atomic mass is 16.6. The number of hydrogen-bond donors (Lipinski definition) is 1. The number of fused-ring (bicyclic) bond motifs is 1. The molecule has 20 heavy (non-hydrogen) atoms. The molecule has 1 aromatic carbocycles. The lowest BCUT2D eigenvalue weighted by Crippen LogP contribution is -2.24. The molecule has 108 valence electrons. The molecule has 1 amide bonds. The Balaban J connectivity index is 2.24. The van der Waals surface area contributed by atoms with Gasteiger partial charge in [-0.25, -0.2) is 0 Å². The van der Waals surface area contributed by atoms with Gasteiger partial charge in [-0.05, 0) is 30.2 Å². The second-order valence-corrected chi connectivity index (χ2v) is 4.50. The molecule has 0 fully saturated rings. The monoisotopic (exact) mass is 276 g/mol. The van der Waals surface area contributed by atoms with E-state index in [0.717, 1.165) is 28.6 Å². The number of carbonyl (C=O) groups is 1. The van der Waals surface area contributed by atoms with Gasteiger partial charge in [0.1, 0.15) is 12.9 Å². The van der Waals surface area contributed by atoms with E-state index in [0.29, 0.717) is 13.0 Å². The Bertz CT molecular complexity index is 604. The molecule has 0 aliphatic rings. The van der Waals surface area contributed by atoms with Gasteiger partial charge in [-0.15, -0.1) is 0 Å². The van der Waals surface area contributed by atoms with Crippen LogP contribution >= 0.6 is 0 Å². The van der Waals surface area contributed by atoms with Gasteiger partial charge in [0, 0.05) is 24.5 Å². The minimum Gasteiger partial charge on any atom is -0.497 e. The number of hydrogen-bond acceptors (Lipinski definition) is 3. The first-order valence-electron chi connectivity index (χ1n) is 6.68. The van der Waals surface area contributed by atoms with Crippen molar-refractivity contribution < 1.29 is 14.4 Å². The van der Waals surface area contributed by atoms with Crippen molar-refractivity contribution in [2.45, 2.75) is 19.8 Å². The Hall–Kier alpha value is -2.17. The SMILES string of the molecule is CCC(=O)NCCc1cn(OC)c2ccc(OC)cc12. The Labute approximate surface area is 118 Å². The van der Waals surface area contributed by atoms with Crippen LogP contribution in [0.2, 0.25) is 0 Å². The normalized spacial score (nSPS) is 10.6. The quantitative estimate of drug-likeness (QED) is 0.875. The van der Waals surface area contributed by atoms with Crippen LogP contribution in [0.5, 0.6) is 5.75 Å². The Morgan fingerprint density at radius 1 is 1.35 bits per heavy atom. The second kappa shape index (κ2) is 6.32. The van der Waals surface area contributed by atoms with Crippen LogP contribution in [-0.2, 0) is 11.2 Å². The molecular weight excluding hydrogens is 256 g/mol. The molecule has 0 atom stereocenters. The van der Waals surface area contributed by atoms with Crippen molar-refractivity contribution in [1.82, 2.24) is 10.0 Å². The minimum absolute atomic E-state index is 0.0676. The van der Waals surface area contributed by atoms with Crippen molar-refractivity contribution in [3.8, 4) is 5.75 Å². The van der Waals surface area contributed by atoms with Crippen LogP contribution in [-0.4, -0.2) is 31.4 Å². The molecule has 0 aliphatic heterocycles. The molecule has 0 radical (unpaired) electrons. The van der Waals surface area contributed by atoms with E-state index in [9.17, 15) is 4.79 Å². The van der Waals surface area contributed by atoms with Gasteiger partial charge < -0.3 is 14.9 Å². The number of amides is 1. The van der Waals surface area contributed by atoms with Crippen LogP contribution < -0.4 is 14.9 Å². The number of nitrogens with zero attached hydrogens (tertiary/aromatic N) is 1. The van der Waals surface area contributed by atoms with Crippen LogP contribution in [0.4, 0.5) is 0 Å². The summed E-state index contributed by atoms with van der Waals surface area (Å²) in [5.41, 5.74) is 2.11. The van der Waals surface area contributed by atoms with Gasteiger partial charge in [0.2, 0.25) is 5.91 Å². The Morgan fingerprint density at radius 2 is 2.15 bits per heavy atom. The van der Waals surface area contributed by atoms with Crippen LogP contribution in [0.3, 0.4) is 0 Å². The van der Waals surface area contributed by atoms with E-state index in [1.165, 1.54) is 0 Å². The number of benzene rings is 1. The first-order chi connectivity index (χ1) is 9.69. The van der Waals surface area contributed by atoms with Gasteiger partial charge >= 0.3 is 0 Å². The molecule has 2 aromatic rings. The van der Waals surface area contributed by atoms with Crippen molar-refractivity contribution in [3.63, 3.8) is 0 Å². The highest BCUT2D eigenvalue weighted by molar-refractivity contribution is 5.85. The lowest BCUT2D eigenvalue weighted by Gasteiger charge is -2.04. The summed E-state index contributed by atoms with van der Waals surface area (Å²) in [7, 11) is 3.28. The molecule has 0 spiro atoms. The molecule has 0 bridgehead atoms. The lowest BCUT2D eigenvalue weighted by molar-refractivity contribution is -0.120. The summed E-state index contributed by atoms with van der Waals surface area (Å²) >= 11 is 0. The van der Waals surface area contributed by atoms with Crippen molar-refractivity contribution in [1.29, 1.82) is 0 Å². The third-order valence-corrected chi connectivity index (χ3v) is 3.29. The third-order valence-electron chi connectivity index (χ3n) is 3.29. The number of carbonyl (C=O) groups excluding carboxylic acids is 1. The molecule has 0 unspecified atom stereocenters. The van der Waals surface area contributed by atoms with E-state index >= 15 is 0 Å². The molecule has 1 N–H and O–H groups in total. The first kappa shape index (κ1) is 14.2. The smallest absolute Gasteiger partial charge is 0.219 e. The second-order valence-electron chi connectivity index (χ2n) is 4.50. The zero-order valence-corrected chi connectivity index (χ0v) is 12.1. The topological polar surface area (TPSA) is 52.5 Å². The largest absolute Gasteiger partial charge is 0.497 e. The highest BCUT2D eigenvalue weighted by Gasteiger charge is 2.10. The number of methoxy groups -OCH3 is 1. The van der Waals surface area contributed by atoms with Gasteiger partial charge in [0.15, 0.2) is 0 Å². The zero-order valence-electron chi connectivity index (χ0n) is 12.1. The Morgan fingerprint density at radius 3 is 2.80 bits per heavy atom. The van der Waals surface area contributed by atoms with E-state index in [1.807, 2.05) is 31.3 Å². The van der Waals surface area contributed by atoms with E-state index in [1.54, 1.807) is 19.0 Å². The maximum Gasteiger partial charge on any atom is 0.219 e. The zero-order chi connectivity index (χ0) is 14.5. The minimum atomic E-state index is 0.0676. The average molecular weight is 276 g/mol. The molecule has 0 aliphatic carbocycles. The number of nitrogens with one attached hydrogen (secondary N) is 1. The van der Waals surface area contributed by atoms with Gasteiger partial charge in [-0.3, -0.25) is 4.79 Å². The fourth-order valence-corrected chi connectivity index (χ4v) is 2.18. The number of aromatic nitrogens is 1. The van der Waals surface area contributed by atoms with Crippen LogP contribution in [0.1, 0.15) is 18.9 Å². The molecule has 2 rings (SSSR count). The molecule has 5 heteroatoms. The van der Waals surface area contributed by atoms with Crippen molar-refractivity contribution in [2.75, 3.05) is 20.8 Å². The summed E-state index contributed by atoms with van der Waals surface area (Å²) in [6, 6.07) is 5.86. The number of ether oxygens (including phenoxy) is 1. The van der Waals surface area contributed by atoms with E-state index < -0.39 is 0 Å². The van der Waals surface area contributed by atoms with Gasteiger partial charge in [0.05, 0.1) is 12.6 Å². The summed E-state index contributed by atoms with van der Waals surface area (Å²) in [5, 5.41) is 3.96. The highest BCUT2D eigenvalue weighted by Crippen LogP contribution is 2.25. The first-order valence-corrected chi connectivity index (χ1v) is 6.68. The van der Waals surface area contributed by atoms with Crippen molar-refractivity contribution in [3.05, 3.63) is 30.0 Å². The van der Waals surface area contributed by atoms with Gasteiger partial charge in [-0.2, -0.15) is 4.73 Å². The predicted octanol–water partition coefficient (Wildman–Crippen LogP) is 1.78. The summed E-state index contributed by atoms with van der Waals surface area (Å²) in [4.78, 5) is 16.6. The molecule has 1 aromatic heterocycles. The lowest BCUT2D eigenvalue weighted by atomic mass is 10.1. The van der Waals surface area contributed by atoms with Crippen molar-refractivity contribution in [2.24, 2.45) is 0 Å². The third kappa shape index (κ3) is 2.87. The van der Waals surface area contributed by atoms with Crippen LogP contribution in [0.15, 0.2) is 24.4 Å². The molecule has 0 saturated carbocycles. The summed E-state index contributed by atoms with van der Waals surface area (Å²) < 4.78 is 6.99. The van der Waals surface area contributed by atoms with E-state index in [4.69, 9.17) is 9.57 Å². The van der Waals surface area contributed by atoms with Crippen LogP contribution in [0.25, 0.3) is 10.9 Å². The summed E-state index contributed by atoms with van der Waals surface area (Å²) in [6.45, 7) is 2.46. The van der Waals surface area contributed by atoms with Gasteiger partial charge in [0.25, 0.3) is 0 Å². The maximum atomic E-state index is 11.3. The summed E-state index contributed by atoms with van der Waals surface area (Å²) in [6.07, 6.45) is 3.21. The molecule has 1 heterocycles. The fraction of sp³-hybridized carbons (Fsp3) is 0.400. The van der Waals surface area contributed by atoms with E-state index in [2.05, 4.69) is 5.32 Å². The molecule has 0 saturated heterocycles. The predicted molar refractivity (Wildman–Crippen MR) is 78.0 cm³/mol. The number of rotatable bonds is 6. The van der Waals surface area contributed by atoms with E-state index in [-0.39, 0.29) is 5.91 Å². The molecular formula is C15H20N2O3. The Kier molecular flexibility index (Phi) is 4.50. The summed E-state index contributed by atoms with van der Waals surface area (Å²) in [5.74, 6) is 0.878. The average Bonchev–Trinajstić information content (AvgIpc) is 2.84. The maximum absolute atomic E-state index is 11.3. The van der Waals surface area contributed by atoms with Crippen LogP contribution in [0, 0.1) is 0 Å². The molecule has 5 nitrogen and oxygen atoms in total.